The van der Waals surface area contributed by atoms with E-state index >= 15 is 0 Å². The average molecular weight is 1430 g/mol. The summed E-state index contributed by atoms with van der Waals surface area (Å²) >= 11 is 0. The van der Waals surface area contributed by atoms with Gasteiger partial charge in [-0.25, -0.2) is 0 Å². The first-order valence-corrected chi connectivity index (χ1v) is 43.7. The summed E-state index contributed by atoms with van der Waals surface area (Å²) in [5, 5.41) is 87.8. The summed E-state index contributed by atoms with van der Waals surface area (Å²) in [7, 11) is 0. The Bertz CT molecular complexity index is 1840. The minimum Gasteiger partial charge on any atom is -0.394 e. The lowest BCUT2D eigenvalue weighted by Crippen LogP contribution is -2.65. The fraction of sp³-hybridized carbons (Fsp3) is 0.920. The van der Waals surface area contributed by atoms with E-state index in [-0.39, 0.29) is 18.9 Å². The van der Waals surface area contributed by atoms with Crippen molar-refractivity contribution in [2.75, 3.05) is 19.8 Å². The van der Waals surface area contributed by atoms with E-state index in [9.17, 15) is 45.6 Å². The minimum absolute atomic E-state index is 0.244. The van der Waals surface area contributed by atoms with Crippen molar-refractivity contribution < 1.29 is 64.6 Å². The number of carbonyl (C=O) groups is 1. The highest BCUT2D eigenvalue weighted by Gasteiger charge is 2.51. The van der Waals surface area contributed by atoms with Crippen molar-refractivity contribution in [2.24, 2.45) is 0 Å². The first-order chi connectivity index (χ1) is 49.6. The van der Waals surface area contributed by atoms with Gasteiger partial charge in [0.1, 0.15) is 48.8 Å². The van der Waals surface area contributed by atoms with Gasteiger partial charge >= 0.3 is 0 Å². The standard InChI is InChI=1S/C87H165NO13/c1-3-5-7-9-11-13-15-17-19-21-23-25-27-29-31-33-35-36-37-38-39-41-43-45-47-49-51-53-55-57-59-61-63-65-67-69-71-79(92)88-75(74-98-86-84(97)82(95)85(78(73-90)100-86)101-87-83(96)81(94)80(93)77(72-89)99-87)76(91)70-68-66-64-62-60-58-56-54-52-50-48-46-44-42-40-34-32-30-28-26-24-22-20-18-16-14-12-10-8-6-4-2/h52,54,60,62,68,70,75-78,80-87,89-91,93-97H,3-51,53,55-59,61,63-67,69,71-74H2,1-2H3,(H,88,92)/b54-52+,62-60+,70-68+. The smallest absolute Gasteiger partial charge is 0.220 e. The summed E-state index contributed by atoms with van der Waals surface area (Å²) in [6.45, 7) is 2.85. The van der Waals surface area contributed by atoms with Gasteiger partial charge in [-0.05, 0) is 44.9 Å². The highest BCUT2D eigenvalue weighted by atomic mass is 16.7. The SMILES string of the molecule is CCCCCCCCCCCCCCCCCCCCCCC/C=C/CC/C=C/CC/C=C/C(O)C(COC1OC(CO)C(OC2OC(CO)C(O)C(O)C2O)C(O)C1O)NC(=O)CCCCCCCCCCCCCCCCCCCCCCCCCCCCCCCCCCCCCC. The molecule has 2 saturated heterocycles. The van der Waals surface area contributed by atoms with Gasteiger partial charge < -0.3 is 65.1 Å². The quantitative estimate of drug-likeness (QED) is 0.0204. The number of amides is 1. The molecule has 0 aliphatic carbocycles. The number of rotatable bonds is 75. The monoisotopic (exact) mass is 1430 g/mol. The molecule has 2 heterocycles. The number of aliphatic hydroxyl groups excluding tert-OH is 8. The maximum absolute atomic E-state index is 13.4. The molecule has 2 aliphatic rings. The average Bonchev–Trinajstić information content (AvgIpc) is 0.791. The molecule has 0 bridgehead atoms. The third kappa shape index (κ3) is 53.6. The summed E-state index contributed by atoms with van der Waals surface area (Å²) < 4.78 is 22.9. The van der Waals surface area contributed by atoms with Crippen molar-refractivity contribution in [2.45, 2.75) is 492 Å². The summed E-state index contributed by atoms with van der Waals surface area (Å²) in [6, 6.07) is -0.939. The van der Waals surface area contributed by atoms with E-state index in [0.29, 0.717) is 12.8 Å². The Labute approximate surface area is 621 Å². The van der Waals surface area contributed by atoms with Gasteiger partial charge in [-0.15, -0.1) is 0 Å². The number of ether oxygens (including phenoxy) is 4. The number of carbonyl (C=O) groups excluding carboxylic acids is 1. The zero-order valence-electron chi connectivity index (χ0n) is 65.7. The number of aliphatic hydroxyl groups is 8. The predicted octanol–water partition coefficient (Wildman–Crippen LogP) is 20.8. The van der Waals surface area contributed by atoms with E-state index in [2.05, 4.69) is 43.5 Å². The summed E-state index contributed by atoms with van der Waals surface area (Å²) in [4.78, 5) is 13.4. The van der Waals surface area contributed by atoms with Crippen LogP contribution in [-0.2, 0) is 23.7 Å². The topological polar surface area (TPSA) is 228 Å². The van der Waals surface area contributed by atoms with Crippen LogP contribution in [0.2, 0.25) is 0 Å². The largest absolute Gasteiger partial charge is 0.394 e. The Balaban J connectivity index is 1.59. The van der Waals surface area contributed by atoms with Crippen molar-refractivity contribution in [3.8, 4) is 0 Å². The molecule has 12 unspecified atom stereocenters. The highest BCUT2D eigenvalue weighted by Crippen LogP contribution is 2.31. The molecule has 12 atom stereocenters. The van der Waals surface area contributed by atoms with Gasteiger partial charge in [-0.3, -0.25) is 4.79 Å². The molecule has 9 N–H and O–H groups in total. The second kappa shape index (κ2) is 71.1. The Hall–Kier alpha value is -1.79. The third-order valence-electron chi connectivity index (χ3n) is 21.6. The number of nitrogens with one attached hydrogen (secondary N) is 1. The summed E-state index contributed by atoms with van der Waals surface area (Å²) in [6.07, 6.45) is 78.4. The van der Waals surface area contributed by atoms with Crippen LogP contribution in [0.3, 0.4) is 0 Å². The van der Waals surface area contributed by atoms with E-state index < -0.39 is 86.8 Å². The maximum atomic E-state index is 13.4. The molecule has 596 valence electrons. The van der Waals surface area contributed by atoms with Gasteiger partial charge in [-0.1, -0.05) is 403 Å². The number of hydrogen-bond donors (Lipinski definition) is 9. The lowest BCUT2D eigenvalue weighted by Gasteiger charge is -2.46. The van der Waals surface area contributed by atoms with E-state index in [1.807, 2.05) is 6.08 Å². The van der Waals surface area contributed by atoms with E-state index in [1.54, 1.807) is 6.08 Å². The molecule has 2 aliphatic heterocycles. The van der Waals surface area contributed by atoms with Gasteiger partial charge in [0.05, 0.1) is 32.0 Å². The Morgan fingerprint density at radius 2 is 0.634 bits per heavy atom. The molecule has 0 aromatic rings. The molecule has 0 saturated carbocycles. The van der Waals surface area contributed by atoms with Crippen molar-refractivity contribution in [1.82, 2.24) is 5.32 Å². The lowest BCUT2D eigenvalue weighted by atomic mass is 9.97. The molecular formula is C87H165NO13. The van der Waals surface area contributed by atoms with Crippen LogP contribution in [0, 0.1) is 0 Å². The van der Waals surface area contributed by atoms with Crippen LogP contribution in [0.25, 0.3) is 0 Å². The molecule has 2 rings (SSSR count). The predicted molar refractivity (Wildman–Crippen MR) is 420 cm³/mol. The lowest BCUT2D eigenvalue weighted by molar-refractivity contribution is -0.359. The molecule has 101 heavy (non-hydrogen) atoms. The highest BCUT2D eigenvalue weighted by molar-refractivity contribution is 5.76. The fourth-order valence-corrected chi connectivity index (χ4v) is 14.7. The number of hydrogen-bond acceptors (Lipinski definition) is 13. The second-order valence-corrected chi connectivity index (χ2v) is 31.0. The van der Waals surface area contributed by atoms with Gasteiger partial charge in [0.25, 0.3) is 0 Å². The van der Waals surface area contributed by atoms with Crippen molar-refractivity contribution in [3.63, 3.8) is 0 Å². The van der Waals surface area contributed by atoms with Crippen LogP contribution in [0.15, 0.2) is 36.5 Å². The molecular weight excluding hydrogens is 1270 g/mol. The first kappa shape index (κ1) is 95.3. The molecule has 0 radical (unpaired) electrons. The second-order valence-electron chi connectivity index (χ2n) is 31.0. The summed E-state index contributed by atoms with van der Waals surface area (Å²) in [5.74, 6) is -0.244. The van der Waals surface area contributed by atoms with Gasteiger partial charge in [0, 0.05) is 6.42 Å². The normalized spacial score (nSPS) is 21.8. The van der Waals surface area contributed by atoms with Crippen molar-refractivity contribution >= 4 is 5.91 Å². The van der Waals surface area contributed by atoms with Crippen LogP contribution in [0.1, 0.15) is 418 Å². The van der Waals surface area contributed by atoms with E-state index in [4.69, 9.17) is 18.9 Å². The molecule has 0 aromatic carbocycles. The van der Waals surface area contributed by atoms with Crippen LogP contribution in [-0.4, -0.2) is 140 Å². The molecule has 0 aromatic heterocycles. The van der Waals surface area contributed by atoms with Gasteiger partial charge in [0.15, 0.2) is 12.6 Å². The fourth-order valence-electron chi connectivity index (χ4n) is 14.7. The Morgan fingerprint density at radius 3 is 0.970 bits per heavy atom. The Kier molecular flexibility index (Phi) is 67.1. The zero-order valence-corrected chi connectivity index (χ0v) is 65.7. The summed E-state index contributed by atoms with van der Waals surface area (Å²) in [5.41, 5.74) is 0. The molecule has 2 fully saturated rings. The van der Waals surface area contributed by atoms with Crippen molar-refractivity contribution in [1.29, 1.82) is 0 Å². The van der Waals surface area contributed by atoms with E-state index in [0.717, 1.165) is 44.9 Å². The van der Waals surface area contributed by atoms with Gasteiger partial charge in [0.2, 0.25) is 5.91 Å². The van der Waals surface area contributed by atoms with Crippen LogP contribution in [0.4, 0.5) is 0 Å². The van der Waals surface area contributed by atoms with Crippen LogP contribution in [0.5, 0.6) is 0 Å². The molecule has 1 amide bonds. The molecule has 0 spiro atoms. The Morgan fingerprint density at radius 1 is 0.347 bits per heavy atom. The molecule has 14 heteroatoms. The first-order valence-electron chi connectivity index (χ1n) is 43.7. The van der Waals surface area contributed by atoms with Crippen LogP contribution >= 0.6 is 0 Å². The third-order valence-corrected chi connectivity index (χ3v) is 21.6. The number of unbranched alkanes of at least 4 members (excludes halogenated alkanes) is 58. The minimum atomic E-state index is -1.79. The molecule has 14 nitrogen and oxygen atoms in total. The van der Waals surface area contributed by atoms with Crippen molar-refractivity contribution in [3.05, 3.63) is 36.5 Å². The van der Waals surface area contributed by atoms with Crippen LogP contribution < -0.4 is 5.32 Å². The van der Waals surface area contributed by atoms with E-state index in [1.165, 1.54) is 340 Å². The number of allylic oxidation sites excluding steroid dienone is 5. The zero-order chi connectivity index (χ0) is 73.0. The van der Waals surface area contributed by atoms with Gasteiger partial charge in [-0.2, -0.15) is 0 Å². The maximum Gasteiger partial charge on any atom is 0.220 e.